The van der Waals surface area contributed by atoms with Crippen molar-refractivity contribution in [2.45, 2.75) is 26.2 Å². The highest BCUT2D eigenvalue weighted by atomic mass is 79.9. The molecule has 0 aliphatic carbocycles. The van der Waals surface area contributed by atoms with E-state index in [0.717, 1.165) is 41.7 Å². The summed E-state index contributed by atoms with van der Waals surface area (Å²) in [5.41, 5.74) is 7.95. The summed E-state index contributed by atoms with van der Waals surface area (Å²) in [6, 6.07) is 4.16. The lowest BCUT2D eigenvalue weighted by molar-refractivity contribution is 0.307. The summed E-state index contributed by atoms with van der Waals surface area (Å²) in [6.07, 6.45) is 4.75. The summed E-state index contributed by atoms with van der Waals surface area (Å²) in [5, 5.41) is 0. The number of allylic oxidation sites excluding steroid dienone is 1. The smallest absolute Gasteiger partial charge is 0.125 e. The van der Waals surface area contributed by atoms with Crippen molar-refractivity contribution in [1.82, 2.24) is 0 Å². The predicted molar refractivity (Wildman–Crippen MR) is 76.6 cm³/mol. The van der Waals surface area contributed by atoms with E-state index >= 15 is 0 Å². The molecule has 1 rings (SSSR count). The first kappa shape index (κ1) is 14.3. The second-order valence-corrected chi connectivity index (χ2v) is 4.94. The van der Waals surface area contributed by atoms with Gasteiger partial charge in [-0.2, -0.15) is 0 Å². The molecule has 0 bridgehead atoms. The fraction of sp³-hybridized carbons (Fsp3) is 0.429. The number of benzene rings is 1. The van der Waals surface area contributed by atoms with Gasteiger partial charge >= 0.3 is 0 Å². The van der Waals surface area contributed by atoms with Crippen LogP contribution in [0.15, 0.2) is 29.3 Å². The number of nitrogens with two attached hydrogens (primary N) is 1. The SMILES string of the molecule is C=CCCCOc1c(C)cc(Br)cc1CCN. The van der Waals surface area contributed by atoms with Crippen molar-refractivity contribution in [3.8, 4) is 5.75 Å². The highest BCUT2D eigenvalue weighted by Gasteiger charge is 2.08. The lowest BCUT2D eigenvalue weighted by Crippen LogP contribution is -2.07. The van der Waals surface area contributed by atoms with Crippen LogP contribution in [0.3, 0.4) is 0 Å². The van der Waals surface area contributed by atoms with Crippen molar-refractivity contribution in [3.63, 3.8) is 0 Å². The molecule has 0 atom stereocenters. The Morgan fingerprint density at radius 1 is 1.47 bits per heavy atom. The fourth-order valence-corrected chi connectivity index (χ4v) is 2.37. The van der Waals surface area contributed by atoms with Crippen LogP contribution in [0.4, 0.5) is 0 Å². The molecule has 94 valence electrons. The Hall–Kier alpha value is -0.800. The number of ether oxygens (including phenoxy) is 1. The number of aryl methyl sites for hydroxylation is 1. The van der Waals surface area contributed by atoms with Gasteiger partial charge in [0.05, 0.1) is 6.61 Å². The molecule has 0 heterocycles. The van der Waals surface area contributed by atoms with E-state index in [-0.39, 0.29) is 0 Å². The van der Waals surface area contributed by atoms with Gasteiger partial charge in [0.25, 0.3) is 0 Å². The molecule has 0 aliphatic heterocycles. The maximum absolute atomic E-state index is 5.85. The maximum atomic E-state index is 5.85. The van der Waals surface area contributed by atoms with Crippen LogP contribution < -0.4 is 10.5 Å². The molecular formula is C14H20BrNO. The molecule has 2 N–H and O–H groups in total. The highest BCUT2D eigenvalue weighted by molar-refractivity contribution is 9.10. The van der Waals surface area contributed by atoms with Crippen molar-refractivity contribution in [2.75, 3.05) is 13.2 Å². The molecule has 0 aliphatic rings. The Morgan fingerprint density at radius 3 is 2.88 bits per heavy atom. The zero-order valence-corrected chi connectivity index (χ0v) is 11.9. The zero-order valence-electron chi connectivity index (χ0n) is 10.3. The lowest BCUT2D eigenvalue weighted by atomic mass is 10.1. The Bertz CT molecular complexity index is 377. The number of halogens is 1. The lowest BCUT2D eigenvalue weighted by Gasteiger charge is -2.14. The minimum absolute atomic E-state index is 0.638. The summed E-state index contributed by atoms with van der Waals surface area (Å²) in [7, 11) is 0. The standard InChI is InChI=1S/C14H20BrNO/c1-3-4-5-8-17-14-11(2)9-13(15)10-12(14)6-7-16/h3,9-10H,1,4-8,16H2,2H3. The van der Waals surface area contributed by atoms with Gasteiger partial charge in [0.15, 0.2) is 0 Å². The molecule has 0 spiro atoms. The van der Waals surface area contributed by atoms with Crippen LogP contribution in [0.1, 0.15) is 24.0 Å². The number of hydrogen-bond donors (Lipinski definition) is 1. The summed E-state index contributed by atoms with van der Waals surface area (Å²) in [4.78, 5) is 0. The molecule has 3 heteroatoms. The minimum Gasteiger partial charge on any atom is -0.493 e. The van der Waals surface area contributed by atoms with Gasteiger partial charge in [-0.3, -0.25) is 0 Å². The fourth-order valence-electron chi connectivity index (χ4n) is 1.75. The molecule has 0 amide bonds. The van der Waals surface area contributed by atoms with Crippen LogP contribution in [0.2, 0.25) is 0 Å². The van der Waals surface area contributed by atoms with Crippen LogP contribution in [0.25, 0.3) is 0 Å². The van der Waals surface area contributed by atoms with Gasteiger partial charge < -0.3 is 10.5 Å². The molecule has 2 nitrogen and oxygen atoms in total. The predicted octanol–water partition coefficient (Wildman–Crippen LogP) is 3.60. The van der Waals surface area contributed by atoms with E-state index in [1.54, 1.807) is 0 Å². The van der Waals surface area contributed by atoms with Gasteiger partial charge in [-0.05, 0) is 56.0 Å². The molecule has 0 aromatic heterocycles. The topological polar surface area (TPSA) is 35.2 Å². The first-order valence-electron chi connectivity index (χ1n) is 5.91. The van der Waals surface area contributed by atoms with Crippen molar-refractivity contribution < 1.29 is 4.74 Å². The molecule has 0 unspecified atom stereocenters. The molecule has 17 heavy (non-hydrogen) atoms. The van der Waals surface area contributed by atoms with E-state index in [9.17, 15) is 0 Å². The van der Waals surface area contributed by atoms with E-state index in [2.05, 4.69) is 41.6 Å². The van der Waals surface area contributed by atoms with Crippen LogP contribution in [0.5, 0.6) is 5.75 Å². The van der Waals surface area contributed by atoms with E-state index in [0.29, 0.717) is 6.54 Å². The van der Waals surface area contributed by atoms with Gasteiger partial charge in [-0.15, -0.1) is 6.58 Å². The van der Waals surface area contributed by atoms with Gasteiger partial charge in [-0.25, -0.2) is 0 Å². The summed E-state index contributed by atoms with van der Waals surface area (Å²) in [5.74, 6) is 0.989. The van der Waals surface area contributed by atoms with Crippen molar-refractivity contribution in [3.05, 3.63) is 40.4 Å². The molecular weight excluding hydrogens is 278 g/mol. The Morgan fingerprint density at radius 2 is 2.24 bits per heavy atom. The molecule has 0 saturated heterocycles. The van der Waals surface area contributed by atoms with Crippen LogP contribution in [-0.2, 0) is 6.42 Å². The summed E-state index contributed by atoms with van der Waals surface area (Å²) >= 11 is 3.50. The Balaban J connectivity index is 2.76. The third kappa shape index (κ3) is 4.52. The third-order valence-electron chi connectivity index (χ3n) is 2.53. The van der Waals surface area contributed by atoms with Crippen LogP contribution in [-0.4, -0.2) is 13.2 Å². The molecule has 0 saturated carbocycles. The Labute approximate surface area is 112 Å². The minimum atomic E-state index is 0.638. The molecule has 0 fully saturated rings. The van der Waals surface area contributed by atoms with Crippen molar-refractivity contribution >= 4 is 15.9 Å². The van der Waals surface area contributed by atoms with Gasteiger partial charge in [0.1, 0.15) is 5.75 Å². The van der Waals surface area contributed by atoms with Crippen molar-refractivity contribution in [2.24, 2.45) is 5.73 Å². The zero-order chi connectivity index (χ0) is 12.7. The van der Waals surface area contributed by atoms with Crippen LogP contribution >= 0.6 is 15.9 Å². The first-order chi connectivity index (χ1) is 8.19. The van der Waals surface area contributed by atoms with Crippen LogP contribution in [0, 0.1) is 6.92 Å². The summed E-state index contributed by atoms with van der Waals surface area (Å²) < 4.78 is 6.93. The first-order valence-corrected chi connectivity index (χ1v) is 6.71. The normalized spacial score (nSPS) is 10.3. The highest BCUT2D eigenvalue weighted by Crippen LogP contribution is 2.28. The quantitative estimate of drug-likeness (QED) is 0.616. The average molecular weight is 298 g/mol. The Kier molecular flexibility index (Phi) is 6.30. The average Bonchev–Trinajstić information content (AvgIpc) is 2.27. The second-order valence-electron chi connectivity index (χ2n) is 4.03. The molecule has 1 aromatic carbocycles. The van der Waals surface area contributed by atoms with E-state index in [1.165, 1.54) is 5.56 Å². The molecule has 0 radical (unpaired) electrons. The van der Waals surface area contributed by atoms with Gasteiger partial charge in [-0.1, -0.05) is 22.0 Å². The largest absolute Gasteiger partial charge is 0.493 e. The summed E-state index contributed by atoms with van der Waals surface area (Å²) in [6.45, 7) is 7.13. The van der Waals surface area contributed by atoms with Gasteiger partial charge in [0, 0.05) is 4.47 Å². The van der Waals surface area contributed by atoms with E-state index in [1.807, 2.05) is 6.08 Å². The van der Waals surface area contributed by atoms with Gasteiger partial charge in [0.2, 0.25) is 0 Å². The third-order valence-corrected chi connectivity index (χ3v) is 2.99. The number of rotatable bonds is 7. The van der Waals surface area contributed by atoms with Crippen molar-refractivity contribution in [1.29, 1.82) is 0 Å². The second kappa shape index (κ2) is 7.51. The monoisotopic (exact) mass is 297 g/mol. The molecule has 1 aromatic rings. The number of unbranched alkanes of at least 4 members (excludes halogenated alkanes) is 1. The van der Waals surface area contributed by atoms with E-state index < -0.39 is 0 Å². The number of hydrogen-bond acceptors (Lipinski definition) is 2. The maximum Gasteiger partial charge on any atom is 0.125 e. The van der Waals surface area contributed by atoms with E-state index in [4.69, 9.17) is 10.5 Å².